The van der Waals surface area contributed by atoms with Gasteiger partial charge in [0.1, 0.15) is 29.1 Å². The van der Waals surface area contributed by atoms with Gasteiger partial charge >= 0.3 is 0 Å². The molecule has 95 heavy (non-hydrogen) atoms. The summed E-state index contributed by atoms with van der Waals surface area (Å²) < 4.78 is 11.7. The number of nitrogens with one attached hydrogen (secondary N) is 4. The molecule has 17 rings (SSSR count). The lowest BCUT2D eigenvalue weighted by molar-refractivity contribution is -0.169. The first kappa shape index (κ1) is 63.9. The Morgan fingerprint density at radius 3 is 1.03 bits per heavy atom. The molecule has 0 unspecified atom stereocenters. The van der Waals surface area contributed by atoms with E-state index in [0.29, 0.717) is 58.0 Å². The Hall–Kier alpha value is -8.49. The second-order valence-electron chi connectivity index (χ2n) is 24.7. The van der Waals surface area contributed by atoms with E-state index in [0.717, 1.165) is 198 Å². The lowest BCUT2D eigenvalue weighted by Crippen LogP contribution is -2.45. The second kappa shape index (κ2) is 28.5. The standard InChI is InChI=1S/C20H20ClN3O2.C18H19ClN4.C18H18ClN3O.C18H16ClN3O/c21-16-6-5-14(24-9-7-20(8-10-24)25-11-12-26-20)13-15(16)19-22-17-3-1-2-4-18(17)23-19;19-15-6-5-13(23-9-7-12(20)8-10-23)11-14(15)18-21-16-3-1-2-4-17(16)22-18;2*19-15-6-5-12(22-9-7-13(23)8-10-22)11-14(15)18-20-16-3-1-2-4-17(16)21-18/h1-6,13H,7-12H2,(H,22,23);1-6,11-12H,7-10,20H2,(H,21,22);1-6,11,13,23H,7-10H2,(H,20,21);1-6,11H,7-10H2,(H,20,21). The molecule has 486 valence electrons. The first-order valence-corrected chi connectivity index (χ1v) is 34.1. The number of imidazole rings is 4. The fourth-order valence-corrected chi connectivity index (χ4v) is 13.9. The molecule has 0 aliphatic carbocycles. The predicted molar refractivity (Wildman–Crippen MR) is 386 cm³/mol. The van der Waals surface area contributed by atoms with Crippen LogP contribution in [0, 0.1) is 0 Å². The lowest BCUT2D eigenvalue weighted by atomic mass is 10.0. The Labute approximate surface area is 570 Å². The highest BCUT2D eigenvalue weighted by atomic mass is 35.5. The largest absolute Gasteiger partial charge is 0.393 e. The predicted octanol–water partition coefficient (Wildman–Crippen LogP) is 15.9. The van der Waals surface area contributed by atoms with Crippen LogP contribution in [0.15, 0.2) is 170 Å². The van der Waals surface area contributed by atoms with Crippen LogP contribution in [0.2, 0.25) is 20.1 Å². The van der Waals surface area contributed by atoms with E-state index in [1.165, 1.54) is 5.69 Å². The second-order valence-corrected chi connectivity index (χ2v) is 26.4. The highest BCUT2D eigenvalue weighted by Crippen LogP contribution is 2.39. The van der Waals surface area contributed by atoms with Crippen molar-refractivity contribution in [3.8, 4) is 45.6 Å². The zero-order valence-corrected chi connectivity index (χ0v) is 55.4. The fraction of sp³-hybridized carbons (Fsp3) is 0.284. The summed E-state index contributed by atoms with van der Waals surface area (Å²) in [5.74, 6) is 3.15. The fourth-order valence-electron chi connectivity index (χ4n) is 13.1. The van der Waals surface area contributed by atoms with Crippen molar-refractivity contribution in [3.05, 3.63) is 190 Å². The number of fused-ring (bicyclic) bond motifs is 4. The van der Waals surface area contributed by atoms with Crippen LogP contribution in [0.3, 0.4) is 0 Å². The van der Waals surface area contributed by atoms with Crippen LogP contribution in [-0.4, -0.2) is 134 Å². The number of Topliss-reactive ketones (excluding diaryl/α,β-unsaturated/α-hetero) is 1. The molecule has 0 saturated carbocycles. The number of H-pyrrole nitrogens is 4. The minimum absolute atomic E-state index is 0.173. The number of carbonyl (C=O) groups excluding carboxylic acids is 1. The Morgan fingerprint density at radius 2 is 0.705 bits per heavy atom. The van der Waals surface area contributed by atoms with Crippen LogP contribution in [0.25, 0.3) is 89.7 Å². The van der Waals surface area contributed by atoms with Crippen molar-refractivity contribution in [2.24, 2.45) is 5.73 Å². The number of halogens is 4. The lowest BCUT2D eigenvalue weighted by Gasteiger charge is -2.38. The van der Waals surface area contributed by atoms with Gasteiger partial charge in [0.15, 0.2) is 5.79 Å². The summed E-state index contributed by atoms with van der Waals surface area (Å²) in [5, 5.41) is 12.4. The summed E-state index contributed by atoms with van der Waals surface area (Å²) in [6, 6.07) is 56.5. The van der Waals surface area contributed by atoms with Gasteiger partial charge in [0.05, 0.1) is 83.5 Å². The highest BCUT2D eigenvalue weighted by Gasteiger charge is 2.40. The SMILES string of the molecule is Clc1ccc(N2CCC3(CC2)OCCO3)cc1-c1nc2ccccc2[nH]1.NC1CCN(c2ccc(Cl)c(-c3nc4ccccc4[nH]3)c2)CC1.O=C1CCN(c2ccc(Cl)c(-c3nc4ccccc4[nH]3)c2)CC1.OC1CCN(c2ccc(Cl)c(-c3nc4ccccc4[nH]3)c2)CC1. The summed E-state index contributed by atoms with van der Waals surface area (Å²) >= 11 is 25.7. The Kier molecular flexibility index (Phi) is 19.1. The average Bonchev–Trinajstić information content (AvgIpc) is 1.79. The number of rotatable bonds is 8. The molecule has 1 spiro atoms. The molecule has 0 bridgehead atoms. The highest BCUT2D eigenvalue weighted by molar-refractivity contribution is 6.34. The van der Waals surface area contributed by atoms with Gasteiger partial charge in [0, 0.05) is 129 Å². The third-order valence-electron chi connectivity index (χ3n) is 18.5. The van der Waals surface area contributed by atoms with Gasteiger partial charge in [-0.3, -0.25) is 4.79 Å². The molecule has 0 amide bonds. The molecular weight excluding hydrogens is 1280 g/mol. The van der Waals surface area contributed by atoms with E-state index >= 15 is 0 Å². The van der Waals surface area contributed by atoms with Gasteiger partial charge in [0.2, 0.25) is 0 Å². The minimum Gasteiger partial charge on any atom is -0.393 e. The van der Waals surface area contributed by atoms with Crippen molar-refractivity contribution in [1.82, 2.24) is 39.9 Å². The van der Waals surface area contributed by atoms with Crippen molar-refractivity contribution in [2.75, 3.05) is 85.2 Å². The molecule has 4 aromatic heterocycles. The Balaban J connectivity index is 0.000000109. The number of nitrogens with two attached hydrogens (primary N) is 1. The summed E-state index contributed by atoms with van der Waals surface area (Å²) in [6.45, 7) is 8.45. The Bertz CT molecular complexity index is 4390. The van der Waals surface area contributed by atoms with Crippen LogP contribution in [-0.2, 0) is 14.3 Å². The molecule has 5 aliphatic rings. The first-order chi connectivity index (χ1) is 46.3. The van der Waals surface area contributed by atoms with Gasteiger partial charge in [-0.15, -0.1) is 0 Å². The van der Waals surface area contributed by atoms with Crippen LogP contribution >= 0.6 is 46.4 Å². The summed E-state index contributed by atoms with van der Waals surface area (Å²) in [7, 11) is 0. The van der Waals surface area contributed by atoms with Crippen molar-refractivity contribution in [2.45, 2.75) is 69.3 Å². The van der Waals surface area contributed by atoms with Crippen molar-refractivity contribution < 1.29 is 19.4 Å². The normalized spacial score (nSPS) is 16.9. The smallest absolute Gasteiger partial charge is 0.171 e. The summed E-state index contributed by atoms with van der Waals surface area (Å²) in [4.78, 5) is 52.7. The zero-order valence-electron chi connectivity index (χ0n) is 52.4. The molecule has 5 fully saturated rings. The molecular formula is C74H73Cl4N13O4. The zero-order chi connectivity index (χ0) is 65.0. The van der Waals surface area contributed by atoms with Gasteiger partial charge in [-0.05, 0) is 147 Å². The average molecular weight is 1350 g/mol. The number of ether oxygens (including phenoxy) is 2. The maximum absolute atomic E-state index is 11.4. The number of para-hydroxylation sites is 8. The third kappa shape index (κ3) is 14.5. The topological polar surface area (TPSA) is 209 Å². The molecule has 8 aromatic carbocycles. The third-order valence-corrected chi connectivity index (χ3v) is 19.8. The number of aromatic nitrogens is 8. The number of benzene rings is 8. The molecule has 5 saturated heterocycles. The van der Waals surface area contributed by atoms with Gasteiger partial charge in [-0.25, -0.2) is 19.9 Å². The van der Waals surface area contributed by atoms with Crippen LogP contribution < -0.4 is 25.3 Å². The number of aromatic amines is 4. The van der Waals surface area contributed by atoms with E-state index in [-0.39, 0.29) is 11.9 Å². The van der Waals surface area contributed by atoms with Crippen molar-refractivity contribution >= 4 is 119 Å². The van der Waals surface area contributed by atoms with E-state index in [2.05, 4.69) is 95.9 Å². The van der Waals surface area contributed by atoms with E-state index in [1.807, 2.05) is 133 Å². The van der Waals surface area contributed by atoms with Gasteiger partial charge in [0.25, 0.3) is 0 Å². The van der Waals surface area contributed by atoms with E-state index in [9.17, 15) is 9.90 Å². The number of carbonyl (C=O) groups is 1. The number of aliphatic hydroxyl groups is 1. The van der Waals surface area contributed by atoms with Gasteiger partial charge in [-0.2, -0.15) is 0 Å². The molecule has 7 N–H and O–H groups in total. The molecule has 9 heterocycles. The molecule has 5 aliphatic heterocycles. The quantitative estimate of drug-likeness (QED) is 0.0838. The monoisotopic (exact) mass is 1350 g/mol. The van der Waals surface area contributed by atoms with E-state index in [1.54, 1.807) is 0 Å². The Morgan fingerprint density at radius 1 is 0.411 bits per heavy atom. The number of nitrogens with zero attached hydrogens (tertiary/aromatic N) is 8. The van der Waals surface area contributed by atoms with Crippen molar-refractivity contribution in [1.29, 1.82) is 0 Å². The van der Waals surface area contributed by atoms with Crippen LogP contribution in [0.4, 0.5) is 22.7 Å². The molecule has 21 heteroatoms. The van der Waals surface area contributed by atoms with Gasteiger partial charge < -0.3 is 59.8 Å². The molecule has 0 atom stereocenters. The maximum atomic E-state index is 11.4. The molecule has 0 radical (unpaired) electrons. The maximum Gasteiger partial charge on any atom is 0.171 e. The van der Waals surface area contributed by atoms with Crippen molar-refractivity contribution in [3.63, 3.8) is 0 Å². The number of hydrogen-bond acceptors (Lipinski definition) is 13. The van der Waals surface area contributed by atoms with E-state index in [4.69, 9.17) is 61.6 Å². The van der Waals surface area contributed by atoms with Gasteiger partial charge in [-0.1, -0.05) is 94.9 Å². The number of ketones is 1. The van der Waals surface area contributed by atoms with Crippen LogP contribution in [0.5, 0.6) is 0 Å². The van der Waals surface area contributed by atoms with Crippen LogP contribution in [0.1, 0.15) is 51.4 Å². The summed E-state index contributed by atoms with van der Waals surface area (Å²) in [5.41, 5.74) is 22.0. The minimum atomic E-state index is -0.357. The first-order valence-electron chi connectivity index (χ1n) is 32.6. The molecule has 12 aromatic rings. The van der Waals surface area contributed by atoms with E-state index < -0.39 is 0 Å². The summed E-state index contributed by atoms with van der Waals surface area (Å²) in [6.07, 6.45) is 6.50. The number of aliphatic hydroxyl groups excluding tert-OH is 1. The number of piperidine rings is 4. The number of anilines is 4. The molecule has 17 nitrogen and oxygen atoms in total. The number of hydrogen-bond donors (Lipinski definition) is 6.